The fourth-order valence-corrected chi connectivity index (χ4v) is 3.33. The number of aromatic nitrogens is 1. The van der Waals surface area contributed by atoms with E-state index in [9.17, 15) is 14.4 Å². The number of hydroxylamine groups is 2. The van der Waals surface area contributed by atoms with E-state index >= 15 is 0 Å². The second-order valence-electron chi connectivity index (χ2n) is 5.64. The van der Waals surface area contributed by atoms with Crippen LogP contribution in [0.5, 0.6) is 0 Å². The summed E-state index contributed by atoms with van der Waals surface area (Å²) in [4.78, 5) is 45.8. The van der Waals surface area contributed by atoms with Gasteiger partial charge in [-0.3, -0.25) is 9.59 Å². The number of nitrogens with zero attached hydrogens (tertiary/aromatic N) is 2. The minimum Gasteiger partial charge on any atom is -0.325 e. The number of rotatable bonds is 4. The van der Waals surface area contributed by atoms with Crippen LogP contribution < -0.4 is 0 Å². The summed E-state index contributed by atoms with van der Waals surface area (Å²) in [5, 5.41) is 1.37. The number of amides is 2. The van der Waals surface area contributed by atoms with E-state index in [0.29, 0.717) is 10.6 Å². The number of aryl methyl sites for hydroxylation is 1. The van der Waals surface area contributed by atoms with Gasteiger partial charge >= 0.3 is 5.97 Å². The Morgan fingerprint density at radius 2 is 1.88 bits per heavy atom. The first kappa shape index (κ1) is 17.2. The van der Waals surface area contributed by atoms with Gasteiger partial charge in [0, 0.05) is 23.9 Å². The molecule has 1 aromatic carbocycles. The van der Waals surface area contributed by atoms with Crippen molar-refractivity contribution in [1.82, 2.24) is 10.0 Å². The van der Waals surface area contributed by atoms with Crippen LogP contribution >= 0.6 is 11.8 Å². The topological polar surface area (TPSA) is 76.6 Å². The Bertz CT molecular complexity index is 836. The molecule has 1 fully saturated rings. The van der Waals surface area contributed by atoms with Crippen LogP contribution in [0.2, 0.25) is 0 Å². The molecule has 2 heterocycles. The molecule has 6 nitrogen and oxygen atoms in total. The van der Waals surface area contributed by atoms with Gasteiger partial charge in [-0.2, -0.15) is 0 Å². The number of imide groups is 1. The highest BCUT2D eigenvalue weighted by molar-refractivity contribution is 7.99. The van der Waals surface area contributed by atoms with E-state index in [-0.39, 0.29) is 12.8 Å². The summed E-state index contributed by atoms with van der Waals surface area (Å²) in [6.07, 6.45) is 1.84. The highest BCUT2D eigenvalue weighted by Gasteiger charge is 2.33. The maximum Gasteiger partial charge on any atom is 0.364 e. The second-order valence-corrected chi connectivity index (χ2v) is 6.74. The minimum atomic E-state index is -0.715. The van der Waals surface area contributed by atoms with Gasteiger partial charge in [0.05, 0.1) is 5.56 Å². The molecule has 1 saturated heterocycles. The monoisotopic (exact) mass is 356 g/mol. The standard InChI is InChI=1S/C18H16N2O4S/c1-11-9-13(25-15-5-3-4-8-19-15)10-14(12(11)2)18(23)24-20-16(21)6-7-17(20)22/h3-5,8-10H,6-7H2,1-2H3. The van der Waals surface area contributed by atoms with Gasteiger partial charge in [0.15, 0.2) is 0 Å². The lowest BCUT2D eigenvalue weighted by Gasteiger charge is -2.15. The van der Waals surface area contributed by atoms with Crippen molar-refractivity contribution in [2.45, 2.75) is 36.6 Å². The molecule has 7 heteroatoms. The summed E-state index contributed by atoms with van der Waals surface area (Å²) in [6.45, 7) is 3.69. The van der Waals surface area contributed by atoms with E-state index in [2.05, 4.69) is 4.98 Å². The minimum absolute atomic E-state index is 0.0691. The Morgan fingerprint density at radius 3 is 2.52 bits per heavy atom. The fraction of sp³-hybridized carbons (Fsp3) is 0.222. The summed E-state index contributed by atoms with van der Waals surface area (Å²) >= 11 is 1.42. The zero-order valence-electron chi connectivity index (χ0n) is 13.8. The second kappa shape index (κ2) is 7.06. The normalized spacial score (nSPS) is 14.1. The Hall–Kier alpha value is -2.67. The summed E-state index contributed by atoms with van der Waals surface area (Å²) in [5.41, 5.74) is 1.98. The maximum atomic E-state index is 12.5. The molecule has 1 aliphatic rings. The van der Waals surface area contributed by atoms with Crippen molar-refractivity contribution in [3.05, 3.63) is 53.2 Å². The molecule has 0 aliphatic carbocycles. The number of pyridine rings is 1. The average molecular weight is 356 g/mol. The Morgan fingerprint density at radius 1 is 1.16 bits per heavy atom. The van der Waals surface area contributed by atoms with Gasteiger partial charge in [-0.1, -0.05) is 17.8 Å². The fourth-order valence-electron chi connectivity index (χ4n) is 2.42. The zero-order chi connectivity index (χ0) is 18.0. The Kier molecular flexibility index (Phi) is 4.85. The predicted molar refractivity (Wildman–Crippen MR) is 90.8 cm³/mol. The molecule has 0 radical (unpaired) electrons. The lowest BCUT2D eigenvalue weighted by molar-refractivity contribution is -0.172. The van der Waals surface area contributed by atoms with E-state index in [4.69, 9.17) is 4.84 Å². The summed E-state index contributed by atoms with van der Waals surface area (Å²) in [7, 11) is 0. The molecule has 2 amide bonds. The summed E-state index contributed by atoms with van der Waals surface area (Å²) in [5.74, 6) is -1.70. The van der Waals surface area contributed by atoms with Crippen LogP contribution in [0.15, 0.2) is 46.5 Å². The van der Waals surface area contributed by atoms with Crippen molar-refractivity contribution < 1.29 is 19.2 Å². The van der Waals surface area contributed by atoms with Gasteiger partial charge in [-0.15, -0.1) is 5.06 Å². The molecule has 0 unspecified atom stereocenters. The predicted octanol–water partition coefficient (Wildman–Crippen LogP) is 3.07. The molecular formula is C18H16N2O4S. The van der Waals surface area contributed by atoms with Crippen molar-refractivity contribution in [2.24, 2.45) is 0 Å². The smallest absolute Gasteiger partial charge is 0.325 e. The van der Waals surface area contributed by atoms with Crippen molar-refractivity contribution in [3.63, 3.8) is 0 Å². The molecule has 1 aromatic heterocycles. The quantitative estimate of drug-likeness (QED) is 0.784. The van der Waals surface area contributed by atoms with Gasteiger partial charge < -0.3 is 4.84 Å². The van der Waals surface area contributed by atoms with Crippen LogP contribution in [0.3, 0.4) is 0 Å². The maximum absolute atomic E-state index is 12.5. The van der Waals surface area contributed by atoms with E-state index in [1.54, 1.807) is 19.2 Å². The SMILES string of the molecule is Cc1cc(Sc2ccccn2)cc(C(=O)ON2C(=O)CCC2=O)c1C. The third kappa shape index (κ3) is 3.71. The molecule has 0 bridgehead atoms. The first-order chi connectivity index (χ1) is 12.0. The molecule has 128 valence electrons. The van der Waals surface area contributed by atoms with Crippen LogP contribution in [0.25, 0.3) is 0 Å². The first-order valence-electron chi connectivity index (χ1n) is 7.74. The number of hydrogen-bond donors (Lipinski definition) is 0. The molecular weight excluding hydrogens is 340 g/mol. The van der Waals surface area contributed by atoms with Crippen molar-refractivity contribution in [1.29, 1.82) is 0 Å². The average Bonchev–Trinajstić information content (AvgIpc) is 2.90. The summed E-state index contributed by atoms with van der Waals surface area (Å²) < 4.78 is 0. The molecule has 25 heavy (non-hydrogen) atoms. The highest BCUT2D eigenvalue weighted by atomic mass is 32.2. The number of hydrogen-bond acceptors (Lipinski definition) is 6. The first-order valence-corrected chi connectivity index (χ1v) is 8.55. The lowest BCUT2D eigenvalue weighted by Crippen LogP contribution is -2.32. The third-order valence-electron chi connectivity index (χ3n) is 3.90. The Labute approximate surface area is 149 Å². The molecule has 1 aliphatic heterocycles. The molecule has 3 rings (SSSR count). The van der Waals surface area contributed by atoms with E-state index in [1.807, 2.05) is 31.2 Å². The molecule has 2 aromatic rings. The number of carbonyl (C=O) groups excluding carboxylic acids is 3. The van der Waals surface area contributed by atoms with Crippen LogP contribution in [0.4, 0.5) is 0 Å². The zero-order valence-corrected chi connectivity index (χ0v) is 14.6. The molecule has 0 spiro atoms. The van der Waals surface area contributed by atoms with Crippen molar-refractivity contribution in [2.75, 3.05) is 0 Å². The Balaban J connectivity index is 1.86. The third-order valence-corrected chi connectivity index (χ3v) is 4.82. The summed E-state index contributed by atoms with van der Waals surface area (Å²) in [6, 6.07) is 9.24. The van der Waals surface area contributed by atoms with Crippen LogP contribution in [-0.4, -0.2) is 27.8 Å². The van der Waals surface area contributed by atoms with Crippen LogP contribution in [0.1, 0.15) is 34.3 Å². The van der Waals surface area contributed by atoms with E-state index < -0.39 is 17.8 Å². The van der Waals surface area contributed by atoms with Gasteiger partial charge in [0.1, 0.15) is 5.03 Å². The van der Waals surface area contributed by atoms with Gasteiger partial charge in [-0.25, -0.2) is 9.78 Å². The van der Waals surface area contributed by atoms with Crippen LogP contribution in [-0.2, 0) is 14.4 Å². The largest absolute Gasteiger partial charge is 0.364 e. The lowest BCUT2D eigenvalue weighted by atomic mass is 10.0. The van der Waals surface area contributed by atoms with E-state index in [1.165, 1.54) is 11.8 Å². The van der Waals surface area contributed by atoms with Gasteiger partial charge in [-0.05, 0) is 49.2 Å². The van der Waals surface area contributed by atoms with Crippen molar-refractivity contribution >= 4 is 29.5 Å². The molecule has 0 N–H and O–H groups in total. The van der Waals surface area contributed by atoms with E-state index in [0.717, 1.165) is 21.0 Å². The number of carbonyl (C=O) groups is 3. The molecule has 0 atom stereocenters. The van der Waals surface area contributed by atoms with Crippen LogP contribution in [0, 0.1) is 13.8 Å². The van der Waals surface area contributed by atoms with Crippen molar-refractivity contribution in [3.8, 4) is 0 Å². The molecule has 0 saturated carbocycles. The van der Waals surface area contributed by atoms with Gasteiger partial charge in [0.25, 0.3) is 11.8 Å². The van der Waals surface area contributed by atoms with Gasteiger partial charge in [0.2, 0.25) is 0 Å². The number of benzene rings is 1. The highest BCUT2D eigenvalue weighted by Crippen LogP contribution is 2.30.